The number of hydrogen-bond acceptors (Lipinski definition) is 5. The van der Waals surface area contributed by atoms with Crippen molar-refractivity contribution in [3.8, 4) is 11.5 Å². The van der Waals surface area contributed by atoms with Gasteiger partial charge < -0.3 is 25.4 Å². The molecule has 0 radical (unpaired) electrons. The monoisotopic (exact) mass is 385 g/mol. The number of benzene rings is 2. The molecule has 2 aromatic carbocycles. The van der Waals surface area contributed by atoms with E-state index in [1.807, 2.05) is 13.8 Å². The minimum absolute atomic E-state index is 0.331. The van der Waals surface area contributed by atoms with Gasteiger partial charge in [-0.2, -0.15) is 0 Å². The summed E-state index contributed by atoms with van der Waals surface area (Å²) in [7, 11) is 0. The van der Waals surface area contributed by atoms with Crippen LogP contribution in [0.5, 0.6) is 11.5 Å². The van der Waals surface area contributed by atoms with Crippen molar-refractivity contribution in [2.75, 3.05) is 30.4 Å². The predicted octanol–water partition coefficient (Wildman–Crippen LogP) is 2.18. The maximum atomic E-state index is 11.9. The number of amides is 3. The average Bonchev–Trinajstić information content (AvgIpc) is 2.69. The molecule has 0 aliphatic carbocycles. The zero-order valence-corrected chi connectivity index (χ0v) is 15.8. The molecular formula is C20H23N3O5. The van der Waals surface area contributed by atoms with Gasteiger partial charge in [0.1, 0.15) is 11.5 Å². The average molecular weight is 385 g/mol. The zero-order valence-electron chi connectivity index (χ0n) is 15.8. The Bertz CT molecular complexity index is 804. The summed E-state index contributed by atoms with van der Waals surface area (Å²) < 4.78 is 10.6. The molecule has 2 rings (SSSR count). The normalized spacial score (nSPS) is 9.93. The summed E-state index contributed by atoms with van der Waals surface area (Å²) in [5.41, 5.74) is 1.00. The number of hydrogen-bond donors (Lipinski definition) is 3. The highest BCUT2D eigenvalue weighted by molar-refractivity contribution is 6.39. The van der Waals surface area contributed by atoms with Crippen LogP contribution in [0, 0.1) is 0 Å². The second-order valence-corrected chi connectivity index (χ2v) is 5.60. The van der Waals surface area contributed by atoms with Gasteiger partial charge in [-0.05, 0) is 62.4 Å². The van der Waals surface area contributed by atoms with Crippen molar-refractivity contribution < 1.29 is 23.9 Å². The first-order valence-electron chi connectivity index (χ1n) is 8.86. The van der Waals surface area contributed by atoms with Gasteiger partial charge in [0.05, 0.1) is 19.8 Å². The number of nitrogens with one attached hydrogen (secondary N) is 3. The van der Waals surface area contributed by atoms with Gasteiger partial charge in [0.25, 0.3) is 0 Å². The van der Waals surface area contributed by atoms with Crippen LogP contribution in [0.25, 0.3) is 0 Å². The Morgan fingerprint density at radius 1 is 0.714 bits per heavy atom. The lowest BCUT2D eigenvalue weighted by Gasteiger charge is -2.09. The van der Waals surface area contributed by atoms with Gasteiger partial charge >= 0.3 is 11.8 Å². The van der Waals surface area contributed by atoms with Gasteiger partial charge in [0, 0.05) is 11.4 Å². The van der Waals surface area contributed by atoms with Crippen LogP contribution in [-0.4, -0.2) is 37.5 Å². The van der Waals surface area contributed by atoms with Gasteiger partial charge in [0.15, 0.2) is 0 Å². The fraction of sp³-hybridized carbons (Fsp3) is 0.250. The van der Waals surface area contributed by atoms with E-state index >= 15 is 0 Å². The van der Waals surface area contributed by atoms with Gasteiger partial charge in [-0.1, -0.05) is 0 Å². The third-order valence-corrected chi connectivity index (χ3v) is 3.49. The van der Waals surface area contributed by atoms with E-state index in [4.69, 9.17) is 9.47 Å². The molecule has 148 valence electrons. The quantitative estimate of drug-likeness (QED) is 0.604. The van der Waals surface area contributed by atoms with Crippen LogP contribution >= 0.6 is 0 Å². The van der Waals surface area contributed by atoms with Crippen molar-refractivity contribution in [2.45, 2.75) is 13.8 Å². The molecule has 0 aliphatic heterocycles. The Labute approximate surface area is 163 Å². The fourth-order valence-electron chi connectivity index (χ4n) is 2.24. The lowest BCUT2D eigenvalue weighted by atomic mass is 10.3. The summed E-state index contributed by atoms with van der Waals surface area (Å²) in [5, 5.41) is 7.34. The van der Waals surface area contributed by atoms with E-state index in [1.165, 1.54) is 0 Å². The smallest absolute Gasteiger partial charge is 0.313 e. The third kappa shape index (κ3) is 6.64. The van der Waals surface area contributed by atoms with Crippen LogP contribution in [0.2, 0.25) is 0 Å². The van der Waals surface area contributed by atoms with Crippen molar-refractivity contribution in [3.63, 3.8) is 0 Å². The molecule has 28 heavy (non-hydrogen) atoms. The number of ether oxygens (including phenoxy) is 2. The number of carbonyl (C=O) groups is 3. The minimum Gasteiger partial charge on any atom is -0.494 e. The molecule has 0 heterocycles. The Balaban J connectivity index is 1.77. The molecule has 0 saturated carbocycles. The van der Waals surface area contributed by atoms with Gasteiger partial charge in [0.2, 0.25) is 5.91 Å². The van der Waals surface area contributed by atoms with Crippen LogP contribution in [-0.2, 0) is 14.4 Å². The third-order valence-electron chi connectivity index (χ3n) is 3.49. The lowest BCUT2D eigenvalue weighted by Crippen LogP contribution is -2.39. The summed E-state index contributed by atoms with van der Waals surface area (Å²) in [6.07, 6.45) is 0. The number of carbonyl (C=O) groups excluding carboxylic acids is 3. The van der Waals surface area contributed by atoms with E-state index in [-0.39, 0.29) is 6.54 Å². The first-order valence-corrected chi connectivity index (χ1v) is 8.86. The van der Waals surface area contributed by atoms with Crippen molar-refractivity contribution in [1.29, 1.82) is 0 Å². The van der Waals surface area contributed by atoms with Crippen molar-refractivity contribution in [2.24, 2.45) is 0 Å². The number of rotatable bonds is 8. The predicted molar refractivity (Wildman–Crippen MR) is 105 cm³/mol. The summed E-state index contributed by atoms with van der Waals surface area (Å²) in [4.78, 5) is 35.6. The van der Waals surface area contributed by atoms with Crippen LogP contribution in [0.15, 0.2) is 48.5 Å². The van der Waals surface area contributed by atoms with Crippen LogP contribution in [0.4, 0.5) is 11.4 Å². The van der Waals surface area contributed by atoms with Crippen LogP contribution in [0.3, 0.4) is 0 Å². The molecule has 0 spiro atoms. The van der Waals surface area contributed by atoms with Crippen molar-refractivity contribution in [1.82, 2.24) is 5.32 Å². The first-order chi connectivity index (χ1) is 13.5. The molecule has 3 amide bonds. The van der Waals surface area contributed by atoms with E-state index < -0.39 is 17.7 Å². The molecule has 3 N–H and O–H groups in total. The molecule has 0 fully saturated rings. The standard InChI is InChI=1S/C20H23N3O5/c1-3-27-16-9-5-14(6-10-16)22-18(24)13-21-19(25)20(26)23-15-7-11-17(12-8-15)28-4-2/h5-12H,3-4,13H2,1-2H3,(H,21,25)(H,22,24)(H,23,26). The number of anilines is 2. The summed E-state index contributed by atoms with van der Waals surface area (Å²) >= 11 is 0. The van der Waals surface area contributed by atoms with E-state index in [1.54, 1.807) is 48.5 Å². The highest BCUT2D eigenvalue weighted by atomic mass is 16.5. The minimum atomic E-state index is -0.907. The largest absolute Gasteiger partial charge is 0.494 e. The molecule has 0 bridgehead atoms. The summed E-state index contributed by atoms with van der Waals surface area (Å²) in [6.45, 7) is 4.50. The SMILES string of the molecule is CCOc1ccc(NC(=O)CNC(=O)C(=O)Nc2ccc(OCC)cc2)cc1. The molecule has 0 unspecified atom stereocenters. The molecule has 2 aromatic rings. The summed E-state index contributed by atoms with van der Waals surface area (Å²) in [5.74, 6) is -0.865. The molecule has 0 aromatic heterocycles. The Morgan fingerprint density at radius 3 is 1.64 bits per heavy atom. The highest BCUT2D eigenvalue weighted by Gasteiger charge is 2.15. The van der Waals surface area contributed by atoms with Crippen molar-refractivity contribution >= 4 is 29.1 Å². The van der Waals surface area contributed by atoms with Gasteiger partial charge in [-0.15, -0.1) is 0 Å². The second kappa shape index (κ2) is 10.6. The first kappa shape index (κ1) is 20.8. The lowest BCUT2D eigenvalue weighted by molar-refractivity contribution is -0.136. The van der Waals surface area contributed by atoms with Crippen LogP contribution in [0.1, 0.15) is 13.8 Å². The maximum absolute atomic E-state index is 11.9. The Kier molecular flexibility index (Phi) is 7.83. The molecule has 0 atom stereocenters. The maximum Gasteiger partial charge on any atom is 0.313 e. The molecule has 0 saturated heterocycles. The second-order valence-electron chi connectivity index (χ2n) is 5.60. The van der Waals surface area contributed by atoms with E-state index in [0.717, 1.165) is 0 Å². The van der Waals surface area contributed by atoms with Crippen LogP contribution < -0.4 is 25.4 Å². The van der Waals surface area contributed by atoms with E-state index in [9.17, 15) is 14.4 Å². The molecule has 8 heteroatoms. The summed E-state index contributed by atoms with van der Waals surface area (Å²) in [6, 6.07) is 13.4. The van der Waals surface area contributed by atoms with E-state index in [2.05, 4.69) is 16.0 Å². The Morgan fingerprint density at radius 2 is 1.18 bits per heavy atom. The fourth-order valence-corrected chi connectivity index (χ4v) is 2.24. The Hall–Kier alpha value is -3.55. The van der Waals surface area contributed by atoms with Gasteiger partial charge in [-0.3, -0.25) is 14.4 Å². The molecular weight excluding hydrogens is 362 g/mol. The zero-order chi connectivity index (χ0) is 20.4. The van der Waals surface area contributed by atoms with Crippen molar-refractivity contribution in [3.05, 3.63) is 48.5 Å². The van der Waals surface area contributed by atoms with Gasteiger partial charge in [-0.25, -0.2) is 0 Å². The highest BCUT2D eigenvalue weighted by Crippen LogP contribution is 2.16. The van der Waals surface area contributed by atoms with E-state index in [0.29, 0.717) is 36.1 Å². The molecule has 8 nitrogen and oxygen atoms in total. The topological polar surface area (TPSA) is 106 Å². The molecule has 0 aliphatic rings.